The van der Waals surface area contributed by atoms with E-state index in [9.17, 15) is 9.59 Å². The molecule has 0 aromatic heterocycles. The SMILES string of the molecule is CC1CCCC2CC(C(=O)NC(C3CC3)C3CCCC4CC(=O)NC43)NC12. The van der Waals surface area contributed by atoms with Crippen molar-refractivity contribution in [3.05, 3.63) is 0 Å². The summed E-state index contributed by atoms with van der Waals surface area (Å²) in [6, 6.07) is 1.06. The van der Waals surface area contributed by atoms with Gasteiger partial charge in [0, 0.05) is 24.5 Å². The molecule has 0 bridgehead atoms. The molecule has 5 heteroatoms. The fourth-order valence-electron chi connectivity index (χ4n) is 6.84. The van der Waals surface area contributed by atoms with Gasteiger partial charge in [-0.15, -0.1) is 0 Å². The average Bonchev–Trinajstić information content (AvgIpc) is 3.26. The van der Waals surface area contributed by atoms with Crippen molar-refractivity contribution in [1.82, 2.24) is 16.0 Å². The lowest BCUT2D eigenvalue weighted by molar-refractivity contribution is -0.124. The van der Waals surface area contributed by atoms with Gasteiger partial charge in [0.05, 0.1) is 6.04 Å². The number of fused-ring (bicyclic) bond motifs is 2. The minimum absolute atomic E-state index is 0.0145. The second-order valence-electron chi connectivity index (χ2n) is 10.2. The summed E-state index contributed by atoms with van der Waals surface area (Å²) in [4.78, 5) is 25.1. The van der Waals surface area contributed by atoms with E-state index in [4.69, 9.17) is 0 Å². The molecular formula is C22H35N3O2. The van der Waals surface area contributed by atoms with Crippen LogP contribution >= 0.6 is 0 Å². The first-order valence-electron chi connectivity index (χ1n) is 11.5. The van der Waals surface area contributed by atoms with E-state index in [2.05, 4.69) is 22.9 Å². The van der Waals surface area contributed by atoms with Crippen LogP contribution in [0.3, 0.4) is 0 Å². The second kappa shape index (κ2) is 7.06. The highest BCUT2D eigenvalue weighted by Gasteiger charge is 2.49. The monoisotopic (exact) mass is 373 g/mol. The van der Waals surface area contributed by atoms with Crippen molar-refractivity contribution >= 4 is 11.8 Å². The third-order valence-electron chi connectivity index (χ3n) is 8.36. The molecule has 0 radical (unpaired) electrons. The first kappa shape index (κ1) is 18.0. The number of carbonyl (C=O) groups is 2. The fraction of sp³-hybridized carbons (Fsp3) is 0.909. The number of amides is 2. The molecule has 8 atom stereocenters. The van der Waals surface area contributed by atoms with E-state index < -0.39 is 0 Å². The van der Waals surface area contributed by atoms with Gasteiger partial charge in [-0.2, -0.15) is 0 Å². The zero-order chi connectivity index (χ0) is 18.5. The van der Waals surface area contributed by atoms with Crippen LogP contribution in [-0.2, 0) is 9.59 Å². The summed E-state index contributed by atoms with van der Waals surface area (Å²) in [6.45, 7) is 2.34. The summed E-state index contributed by atoms with van der Waals surface area (Å²) in [5, 5.41) is 10.4. The Kier molecular flexibility index (Phi) is 4.69. The van der Waals surface area contributed by atoms with Crippen LogP contribution in [0.4, 0.5) is 0 Å². The Bertz CT molecular complexity index is 604. The molecule has 5 nitrogen and oxygen atoms in total. The second-order valence-corrected chi connectivity index (χ2v) is 10.2. The van der Waals surface area contributed by atoms with Crippen molar-refractivity contribution in [3.8, 4) is 0 Å². The zero-order valence-electron chi connectivity index (χ0n) is 16.6. The van der Waals surface area contributed by atoms with Crippen molar-refractivity contribution in [2.45, 2.75) is 95.3 Å². The number of hydrogen-bond donors (Lipinski definition) is 3. The summed E-state index contributed by atoms with van der Waals surface area (Å²) in [6.07, 6.45) is 11.5. The number of rotatable bonds is 4. The van der Waals surface area contributed by atoms with Crippen LogP contribution < -0.4 is 16.0 Å². The molecule has 3 saturated carbocycles. The van der Waals surface area contributed by atoms with Crippen LogP contribution in [0.2, 0.25) is 0 Å². The standard InChI is InChI=1S/C22H35N3O2/c1-12-4-2-5-14-10-17(23-19(12)14)22(27)25-20(13-8-9-13)16-7-3-6-15-11-18(26)24-21(15)16/h12-17,19-21,23H,2-11H2,1H3,(H,24,26)(H,25,27). The lowest BCUT2D eigenvalue weighted by Crippen LogP contribution is -2.55. The van der Waals surface area contributed by atoms with Gasteiger partial charge in [-0.1, -0.05) is 19.8 Å². The molecule has 8 unspecified atom stereocenters. The van der Waals surface area contributed by atoms with Gasteiger partial charge >= 0.3 is 0 Å². The Balaban J connectivity index is 1.26. The van der Waals surface area contributed by atoms with Crippen LogP contribution in [0.25, 0.3) is 0 Å². The van der Waals surface area contributed by atoms with Crippen LogP contribution in [0.1, 0.15) is 71.1 Å². The fourth-order valence-corrected chi connectivity index (χ4v) is 6.84. The zero-order valence-corrected chi connectivity index (χ0v) is 16.6. The molecule has 5 rings (SSSR count). The largest absolute Gasteiger partial charge is 0.353 e. The topological polar surface area (TPSA) is 70.2 Å². The molecule has 0 aromatic rings. The van der Waals surface area contributed by atoms with Gasteiger partial charge in [0.25, 0.3) is 0 Å². The molecule has 27 heavy (non-hydrogen) atoms. The van der Waals surface area contributed by atoms with Gasteiger partial charge in [-0.05, 0) is 74.5 Å². The van der Waals surface area contributed by atoms with E-state index >= 15 is 0 Å². The van der Waals surface area contributed by atoms with Gasteiger partial charge in [0.15, 0.2) is 0 Å². The highest BCUT2D eigenvalue weighted by Crippen LogP contribution is 2.44. The summed E-state index contributed by atoms with van der Waals surface area (Å²) < 4.78 is 0. The number of nitrogens with one attached hydrogen (secondary N) is 3. The summed E-state index contributed by atoms with van der Waals surface area (Å²) in [5.74, 6) is 3.34. The van der Waals surface area contributed by atoms with Gasteiger partial charge in [0.1, 0.15) is 0 Å². The Morgan fingerprint density at radius 1 is 1.04 bits per heavy atom. The predicted molar refractivity (Wildman–Crippen MR) is 104 cm³/mol. The Hall–Kier alpha value is -1.10. The van der Waals surface area contributed by atoms with Gasteiger partial charge < -0.3 is 16.0 Å². The molecule has 2 heterocycles. The highest BCUT2D eigenvalue weighted by molar-refractivity contribution is 5.83. The molecule has 0 aromatic carbocycles. The van der Waals surface area contributed by atoms with Crippen LogP contribution in [0.5, 0.6) is 0 Å². The third-order valence-corrected chi connectivity index (χ3v) is 8.36. The predicted octanol–water partition coefficient (Wildman–Crippen LogP) is 2.35. The Morgan fingerprint density at radius 2 is 1.81 bits per heavy atom. The van der Waals surface area contributed by atoms with E-state index in [0.717, 1.165) is 19.3 Å². The molecular weight excluding hydrogens is 338 g/mol. The van der Waals surface area contributed by atoms with Crippen molar-refractivity contribution in [2.24, 2.45) is 29.6 Å². The van der Waals surface area contributed by atoms with E-state index in [0.29, 0.717) is 42.1 Å². The van der Waals surface area contributed by atoms with Crippen molar-refractivity contribution in [2.75, 3.05) is 0 Å². The molecule has 0 spiro atoms. The van der Waals surface area contributed by atoms with Gasteiger partial charge in [-0.3, -0.25) is 9.59 Å². The average molecular weight is 374 g/mol. The maximum atomic E-state index is 13.2. The molecule has 3 N–H and O–H groups in total. The molecule has 3 aliphatic carbocycles. The Morgan fingerprint density at radius 3 is 2.59 bits per heavy atom. The molecule has 2 amide bonds. The normalized spacial score (nSPS) is 44.9. The lowest BCUT2D eigenvalue weighted by Gasteiger charge is -2.39. The minimum atomic E-state index is -0.0145. The molecule has 2 saturated heterocycles. The van der Waals surface area contributed by atoms with E-state index in [1.54, 1.807) is 0 Å². The number of carbonyl (C=O) groups excluding carboxylic acids is 2. The van der Waals surface area contributed by atoms with Crippen molar-refractivity contribution < 1.29 is 9.59 Å². The number of hydrogen-bond acceptors (Lipinski definition) is 3. The third kappa shape index (κ3) is 3.41. The van der Waals surface area contributed by atoms with Crippen LogP contribution in [0, 0.1) is 29.6 Å². The lowest BCUT2D eigenvalue weighted by atomic mass is 9.73. The molecule has 5 aliphatic rings. The van der Waals surface area contributed by atoms with Crippen molar-refractivity contribution in [1.29, 1.82) is 0 Å². The van der Waals surface area contributed by atoms with Crippen LogP contribution in [-0.4, -0.2) is 36.0 Å². The highest BCUT2D eigenvalue weighted by atomic mass is 16.2. The quantitative estimate of drug-likeness (QED) is 0.708. The maximum Gasteiger partial charge on any atom is 0.237 e. The van der Waals surface area contributed by atoms with E-state index in [-0.39, 0.29) is 29.9 Å². The first-order chi connectivity index (χ1) is 13.1. The summed E-state index contributed by atoms with van der Waals surface area (Å²) in [5.41, 5.74) is 0. The first-order valence-corrected chi connectivity index (χ1v) is 11.5. The smallest absolute Gasteiger partial charge is 0.237 e. The molecule has 5 fully saturated rings. The summed E-state index contributed by atoms with van der Waals surface area (Å²) in [7, 11) is 0. The summed E-state index contributed by atoms with van der Waals surface area (Å²) >= 11 is 0. The van der Waals surface area contributed by atoms with Gasteiger partial charge in [-0.25, -0.2) is 0 Å². The van der Waals surface area contributed by atoms with Crippen LogP contribution in [0.15, 0.2) is 0 Å². The van der Waals surface area contributed by atoms with Crippen molar-refractivity contribution in [3.63, 3.8) is 0 Å². The molecule has 2 aliphatic heterocycles. The maximum absolute atomic E-state index is 13.2. The van der Waals surface area contributed by atoms with E-state index in [1.807, 2.05) is 0 Å². The minimum Gasteiger partial charge on any atom is -0.353 e. The Labute approximate surface area is 162 Å². The van der Waals surface area contributed by atoms with E-state index in [1.165, 1.54) is 38.5 Å². The van der Waals surface area contributed by atoms with Gasteiger partial charge in [0.2, 0.25) is 11.8 Å². The molecule has 150 valence electrons.